The number of pyridine rings is 2. The Morgan fingerprint density at radius 1 is 1.20 bits per heavy atom. The zero-order valence-electron chi connectivity index (χ0n) is 11.5. The van der Waals surface area contributed by atoms with Gasteiger partial charge in [-0.3, -0.25) is 4.98 Å². The first kappa shape index (κ1) is 12.6. The van der Waals surface area contributed by atoms with Crippen molar-refractivity contribution in [1.29, 1.82) is 0 Å². The van der Waals surface area contributed by atoms with Gasteiger partial charge in [-0.05, 0) is 30.2 Å². The first-order valence-electron chi connectivity index (χ1n) is 6.82. The van der Waals surface area contributed by atoms with Crippen LogP contribution in [0.2, 0.25) is 0 Å². The van der Waals surface area contributed by atoms with Crippen LogP contribution >= 0.6 is 0 Å². The number of nitrogen functional groups attached to an aromatic ring is 1. The number of aromatic nitrogens is 4. The average molecular weight is 267 g/mol. The Morgan fingerprint density at radius 3 is 2.75 bits per heavy atom. The number of aryl methyl sites for hydroxylation is 1. The third-order valence-corrected chi connectivity index (χ3v) is 3.35. The van der Waals surface area contributed by atoms with Crippen molar-refractivity contribution in [3.63, 3.8) is 0 Å². The first-order chi connectivity index (χ1) is 9.79. The molecular formula is C15H17N5. The summed E-state index contributed by atoms with van der Waals surface area (Å²) >= 11 is 0. The summed E-state index contributed by atoms with van der Waals surface area (Å²) in [6.07, 6.45) is 7.60. The maximum atomic E-state index is 6.01. The summed E-state index contributed by atoms with van der Waals surface area (Å²) in [7, 11) is 0. The van der Waals surface area contributed by atoms with Gasteiger partial charge in [0, 0.05) is 30.7 Å². The van der Waals surface area contributed by atoms with Crippen LogP contribution in [0.15, 0.2) is 36.8 Å². The number of nitrogens with zero attached hydrogens (tertiary/aromatic N) is 4. The highest BCUT2D eigenvalue weighted by molar-refractivity contribution is 5.89. The predicted molar refractivity (Wildman–Crippen MR) is 80.1 cm³/mol. The van der Waals surface area contributed by atoms with Gasteiger partial charge in [0.05, 0.1) is 5.39 Å². The highest BCUT2D eigenvalue weighted by Gasteiger charge is 2.10. The standard InChI is InChI=1S/C15H17N5/c1-2-3-8-20-15-13(14(16)19-20)9-12(10-18-15)11-4-6-17-7-5-11/h4-7,9-10H,2-3,8H2,1H3,(H2,16,19). The lowest BCUT2D eigenvalue weighted by Gasteiger charge is -2.03. The minimum absolute atomic E-state index is 0.541. The molecule has 3 aromatic heterocycles. The minimum atomic E-state index is 0.541. The molecule has 0 aliphatic rings. The Balaban J connectivity index is 2.06. The van der Waals surface area contributed by atoms with Gasteiger partial charge in [0.25, 0.3) is 0 Å². The van der Waals surface area contributed by atoms with Crippen LogP contribution in [-0.4, -0.2) is 19.7 Å². The molecule has 0 aromatic carbocycles. The maximum Gasteiger partial charge on any atom is 0.159 e. The quantitative estimate of drug-likeness (QED) is 0.789. The lowest BCUT2D eigenvalue weighted by molar-refractivity contribution is 0.586. The summed E-state index contributed by atoms with van der Waals surface area (Å²) in [5.41, 5.74) is 8.97. The number of hydrogen-bond acceptors (Lipinski definition) is 4. The normalized spacial score (nSPS) is 11.1. The number of rotatable bonds is 4. The molecule has 0 aliphatic heterocycles. The van der Waals surface area contributed by atoms with Crippen molar-refractivity contribution in [1.82, 2.24) is 19.7 Å². The molecular weight excluding hydrogens is 250 g/mol. The zero-order chi connectivity index (χ0) is 13.9. The Hall–Kier alpha value is -2.43. The molecule has 0 amide bonds. The molecule has 3 aromatic rings. The lowest BCUT2D eigenvalue weighted by atomic mass is 10.1. The first-order valence-corrected chi connectivity index (χ1v) is 6.82. The third-order valence-electron chi connectivity index (χ3n) is 3.35. The fourth-order valence-corrected chi connectivity index (χ4v) is 2.25. The van der Waals surface area contributed by atoms with E-state index in [4.69, 9.17) is 5.73 Å². The van der Waals surface area contributed by atoms with E-state index in [1.165, 1.54) is 0 Å². The van der Waals surface area contributed by atoms with E-state index in [1.54, 1.807) is 12.4 Å². The molecule has 0 radical (unpaired) electrons. The second-order valence-corrected chi connectivity index (χ2v) is 4.79. The second kappa shape index (κ2) is 5.28. The topological polar surface area (TPSA) is 69.6 Å². The van der Waals surface area contributed by atoms with Crippen LogP contribution < -0.4 is 5.73 Å². The molecule has 0 saturated heterocycles. The Kier molecular flexibility index (Phi) is 3.33. The van der Waals surface area contributed by atoms with E-state index in [0.29, 0.717) is 5.82 Å². The molecule has 0 aliphatic carbocycles. The second-order valence-electron chi connectivity index (χ2n) is 4.79. The fourth-order valence-electron chi connectivity index (χ4n) is 2.25. The van der Waals surface area contributed by atoms with Crippen molar-refractivity contribution < 1.29 is 0 Å². The number of unbranched alkanes of at least 4 members (excludes halogenated alkanes) is 1. The molecule has 0 bridgehead atoms. The summed E-state index contributed by atoms with van der Waals surface area (Å²) in [5, 5.41) is 5.29. The maximum absolute atomic E-state index is 6.01. The van der Waals surface area contributed by atoms with E-state index in [-0.39, 0.29) is 0 Å². The summed E-state index contributed by atoms with van der Waals surface area (Å²) < 4.78 is 1.89. The van der Waals surface area contributed by atoms with Crippen LogP contribution in [0, 0.1) is 0 Å². The van der Waals surface area contributed by atoms with Gasteiger partial charge in [0.2, 0.25) is 0 Å². The Morgan fingerprint density at radius 2 is 2.00 bits per heavy atom. The van der Waals surface area contributed by atoms with Crippen LogP contribution in [0.1, 0.15) is 19.8 Å². The van der Waals surface area contributed by atoms with Crippen LogP contribution in [-0.2, 0) is 6.54 Å². The summed E-state index contributed by atoms with van der Waals surface area (Å²) in [6.45, 7) is 3.01. The van der Waals surface area contributed by atoms with E-state index in [1.807, 2.05) is 29.1 Å². The van der Waals surface area contributed by atoms with E-state index in [2.05, 4.69) is 22.0 Å². The van der Waals surface area contributed by atoms with Crippen molar-refractivity contribution in [2.75, 3.05) is 5.73 Å². The van der Waals surface area contributed by atoms with Gasteiger partial charge in [-0.25, -0.2) is 9.67 Å². The van der Waals surface area contributed by atoms with Gasteiger partial charge < -0.3 is 5.73 Å². The number of hydrogen-bond donors (Lipinski definition) is 1. The van der Waals surface area contributed by atoms with Crippen LogP contribution in [0.4, 0.5) is 5.82 Å². The van der Waals surface area contributed by atoms with Crippen molar-refractivity contribution in [3.8, 4) is 11.1 Å². The molecule has 0 fully saturated rings. The van der Waals surface area contributed by atoms with E-state index in [0.717, 1.165) is 41.5 Å². The van der Waals surface area contributed by atoms with E-state index in [9.17, 15) is 0 Å². The van der Waals surface area contributed by atoms with Gasteiger partial charge in [-0.2, -0.15) is 5.10 Å². The summed E-state index contributed by atoms with van der Waals surface area (Å²) in [4.78, 5) is 8.56. The van der Waals surface area contributed by atoms with Gasteiger partial charge in [0.1, 0.15) is 0 Å². The Bertz CT molecular complexity index is 718. The van der Waals surface area contributed by atoms with Crippen LogP contribution in [0.5, 0.6) is 0 Å². The van der Waals surface area contributed by atoms with Crippen molar-refractivity contribution in [3.05, 3.63) is 36.8 Å². The highest BCUT2D eigenvalue weighted by atomic mass is 15.3. The van der Waals surface area contributed by atoms with Gasteiger partial charge >= 0.3 is 0 Å². The molecule has 3 rings (SSSR count). The smallest absolute Gasteiger partial charge is 0.159 e. The lowest BCUT2D eigenvalue weighted by Crippen LogP contribution is -2.01. The number of fused-ring (bicyclic) bond motifs is 1. The van der Waals surface area contributed by atoms with Gasteiger partial charge in [-0.1, -0.05) is 13.3 Å². The molecule has 0 unspecified atom stereocenters. The summed E-state index contributed by atoms with van der Waals surface area (Å²) in [6, 6.07) is 5.96. The molecule has 0 spiro atoms. The molecule has 5 nitrogen and oxygen atoms in total. The van der Waals surface area contributed by atoms with Crippen molar-refractivity contribution >= 4 is 16.9 Å². The summed E-state index contributed by atoms with van der Waals surface area (Å²) in [5.74, 6) is 0.541. The predicted octanol–water partition coefficient (Wildman–Crippen LogP) is 2.88. The van der Waals surface area contributed by atoms with Crippen molar-refractivity contribution in [2.24, 2.45) is 0 Å². The Labute approximate surface area is 117 Å². The highest BCUT2D eigenvalue weighted by Crippen LogP contribution is 2.25. The molecule has 102 valence electrons. The molecule has 3 heterocycles. The molecule has 0 saturated carbocycles. The van der Waals surface area contributed by atoms with Gasteiger partial charge in [0.15, 0.2) is 11.5 Å². The van der Waals surface area contributed by atoms with E-state index < -0.39 is 0 Å². The average Bonchev–Trinajstić information content (AvgIpc) is 2.82. The van der Waals surface area contributed by atoms with Crippen LogP contribution in [0.25, 0.3) is 22.2 Å². The van der Waals surface area contributed by atoms with Gasteiger partial charge in [-0.15, -0.1) is 0 Å². The molecule has 0 atom stereocenters. The van der Waals surface area contributed by atoms with Crippen molar-refractivity contribution in [2.45, 2.75) is 26.3 Å². The monoisotopic (exact) mass is 267 g/mol. The van der Waals surface area contributed by atoms with Crippen LogP contribution in [0.3, 0.4) is 0 Å². The molecule has 20 heavy (non-hydrogen) atoms. The minimum Gasteiger partial charge on any atom is -0.382 e. The SMILES string of the molecule is CCCCn1nc(N)c2cc(-c3ccncc3)cnc21. The molecule has 2 N–H and O–H groups in total. The number of nitrogens with two attached hydrogens (primary N) is 1. The molecule has 5 heteroatoms. The zero-order valence-corrected chi connectivity index (χ0v) is 11.5. The third kappa shape index (κ3) is 2.22. The number of anilines is 1. The fraction of sp³-hybridized carbons (Fsp3) is 0.267. The van der Waals surface area contributed by atoms with E-state index >= 15 is 0 Å². The largest absolute Gasteiger partial charge is 0.382 e.